The summed E-state index contributed by atoms with van der Waals surface area (Å²) >= 11 is 0. The molecule has 48 heavy (non-hydrogen) atoms. The number of amides is 4. The Hall–Kier alpha value is -4.27. The summed E-state index contributed by atoms with van der Waals surface area (Å²) in [7, 11) is 1.97. The maximum absolute atomic E-state index is 15.6. The van der Waals surface area contributed by atoms with Crippen molar-refractivity contribution < 1.29 is 37.0 Å². The number of nitrogens with zero attached hydrogens (tertiary/aromatic N) is 4. The Morgan fingerprint density at radius 3 is 2.29 bits per heavy atom. The van der Waals surface area contributed by atoms with Gasteiger partial charge in [-0.1, -0.05) is 25.1 Å². The number of piperazine rings is 1. The van der Waals surface area contributed by atoms with Crippen LogP contribution in [0.5, 0.6) is 0 Å². The molecule has 1 unspecified atom stereocenters. The highest BCUT2D eigenvalue weighted by molar-refractivity contribution is 6.01. The Morgan fingerprint density at radius 2 is 1.69 bits per heavy atom. The number of rotatable bonds is 11. The molecule has 1 aromatic carbocycles. The van der Waals surface area contributed by atoms with Crippen molar-refractivity contribution in [1.82, 2.24) is 30.7 Å². The van der Waals surface area contributed by atoms with Crippen LogP contribution in [0, 0.1) is 11.7 Å². The molecule has 2 saturated carbocycles. The van der Waals surface area contributed by atoms with E-state index in [0.717, 1.165) is 12.8 Å². The molecule has 3 N–H and O–H groups in total. The molecule has 15 heteroatoms. The van der Waals surface area contributed by atoms with E-state index in [0.29, 0.717) is 37.4 Å². The third-order valence-corrected chi connectivity index (χ3v) is 9.63. The molecule has 2 aromatic rings. The first-order valence-electron chi connectivity index (χ1n) is 16.5. The van der Waals surface area contributed by atoms with Gasteiger partial charge in [-0.3, -0.25) is 19.2 Å². The van der Waals surface area contributed by atoms with Crippen molar-refractivity contribution in [3.05, 3.63) is 52.6 Å². The molecule has 2 aliphatic carbocycles. The van der Waals surface area contributed by atoms with Gasteiger partial charge in [0.05, 0.1) is 5.69 Å². The maximum atomic E-state index is 15.6. The molecule has 1 aliphatic heterocycles. The molecular formula is C33H42F3N7O5. The SMILES string of the molecule is CCC(=O)N[C@@H](C(=O)N1CCN(C)CC1)[C@@H](C)c1ccc(NC(=O)C(NC(=O)c2nonc2C2CC2)C2CCC(=C(F)F)CC2)c(F)c1. The van der Waals surface area contributed by atoms with E-state index in [1.165, 1.54) is 12.1 Å². The lowest BCUT2D eigenvalue weighted by molar-refractivity contribution is -0.138. The van der Waals surface area contributed by atoms with Crippen molar-refractivity contribution in [1.29, 1.82) is 0 Å². The van der Waals surface area contributed by atoms with Gasteiger partial charge in [0.2, 0.25) is 17.7 Å². The summed E-state index contributed by atoms with van der Waals surface area (Å²) in [5, 5.41) is 15.6. The van der Waals surface area contributed by atoms with Crippen LogP contribution in [-0.2, 0) is 14.4 Å². The van der Waals surface area contributed by atoms with E-state index in [1.54, 1.807) is 24.8 Å². The molecule has 0 bridgehead atoms. The molecule has 260 valence electrons. The Labute approximate surface area is 276 Å². The number of benzene rings is 1. The van der Waals surface area contributed by atoms with Crippen LogP contribution in [0.15, 0.2) is 34.5 Å². The molecule has 3 fully saturated rings. The zero-order valence-corrected chi connectivity index (χ0v) is 27.4. The van der Waals surface area contributed by atoms with Crippen LogP contribution in [0.1, 0.15) is 92.4 Å². The lowest BCUT2D eigenvalue weighted by Crippen LogP contribution is -2.55. The fourth-order valence-corrected chi connectivity index (χ4v) is 6.31. The largest absolute Gasteiger partial charge is 0.344 e. The molecule has 3 atom stereocenters. The minimum absolute atomic E-state index is 0.0174. The second-order valence-electron chi connectivity index (χ2n) is 13.0. The lowest BCUT2D eigenvalue weighted by atomic mass is 9.81. The highest BCUT2D eigenvalue weighted by atomic mass is 19.3. The first kappa shape index (κ1) is 35.0. The fraction of sp³-hybridized carbons (Fsp3) is 0.576. The van der Waals surface area contributed by atoms with Gasteiger partial charge >= 0.3 is 0 Å². The van der Waals surface area contributed by atoms with Gasteiger partial charge in [0, 0.05) is 44.4 Å². The number of likely N-dealkylation sites (N-methyl/N-ethyl adjacent to an activating group) is 1. The average molecular weight is 674 g/mol. The number of anilines is 1. The molecule has 0 radical (unpaired) electrons. The van der Waals surface area contributed by atoms with Crippen LogP contribution in [-0.4, -0.2) is 89.1 Å². The first-order valence-corrected chi connectivity index (χ1v) is 16.5. The minimum Gasteiger partial charge on any atom is -0.344 e. The topological polar surface area (TPSA) is 150 Å². The van der Waals surface area contributed by atoms with Crippen molar-refractivity contribution in [2.24, 2.45) is 5.92 Å². The summed E-state index contributed by atoms with van der Waals surface area (Å²) in [6, 6.07) is 2.04. The van der Waals surface area contributed by atoms with Crippen molar-refractivity contribution in [3.63, 3.8) is 0 Å². The highest BCUT2D eigenvalue weighted by Crippen LogP contribution is 2.40. The number of nitrogens with one attached hydrogen (secondary N) is 3. The number of allylic oxidation sites excluding steroid dienone is 1. The van der Waals surface area contributed by atoms with E-state index in [2.05, 4.69) is 31.2 Å². The normalized spacial score (nSPS) is 20.4. The number of hydrogen-bond acceptors (Lipinski definition) is 8. The quantitative estimate of drug-likeness (QED) is 0.325. The molecule has 1 saturated heterocycles. The predicted molar refractivity (Wildman–Crippen MR) is 168 cm³/mol. The molecule has 4 amide bonds. The Balaban J connectivity index is 1.33. The van der Waals surface area contributed by atoms with Crippen molar-refractivity contribution in [3.8, 4) is 0 Å². The summed E-state index contributed by atoms with van der Waals surface area (Å²) < 4.78 is 46.9. The Bertz CT molecular complexity index is 1540. The van der Waals surface area contributed by atoms with Crippen molar-refractivity contribution in [2.45, 2.75) is 82.7 Å². The smallest absolute Gasteiger partial charge is 0.276 e. The van der Waals surface area contributed by atoms with Crippen molar-refractivity contribution in [2.75, 3.05) is 38.5 Å². The third-order valence-electron chi connectivity index (χ3n) is 9.63. The van der Waals surface area contributed by atoms with Gasteiger partial charge in [0.15, 0.2) is 5.69 Å². The molecule has 1 aromatic heterocycles. The van der Waals surface area contributed by atoms with Gasteiger partial charge in [-0.2, -0.15) is 8.78 Å². The second-order valence-corrected chi connectivity index (χ2v) is 13.0. The third kappa shape index (κ3) is 8.23. The van der Waals surface area contributed by atoms with E-state index in [9.17, 15) is 28.0 Å². The summed E-state index contributed by atoms with van der Waals surface area (Å²) in [6.07, 6.45) is 0.644. The number of carbonyl (C=O) groups excluding carboxylic acids is 4. The van der Waals surface area contributed by atoms with Crippen molar-refractivity contribution >= 4 is 29.3 Å². The number of aromatic nitrogens is 2. The average Bonchev–Trinajstić information content (AvgIpc) is 3.81. The van der Waals surface area contributed by atoms with Crippen LogP contribution < -0.4 is 16.0 Å². The van der Waals surface area contributed by atoms with Gasteiger partial charge in [-0.05, 0) is 79.9 Å². The van der Waals surface area contributed by atoms with Crippen LogP contribution >= 0.6 is 0 Å². The van der Waals surface area contributed by atoms with Crippen LogP contribution in [0.2, 0.25) is 0 Å². The number of halogens is 3. The summed E-state index contributed by atoms with van der Waals surface area (Å²) in [4.78, 5) is 56.7. The Kier molecular flexibility index (Phi) is 11.2. The van der Waals surface area contributed by atoms with E-state index in [1.807, 2.05) is 7.05 Å². The summed E-state index contributed by atoms with van der Waals surface area (Å²) in [5.74, 6) is -3.81. The van der Waals surface area contributed by atoms with Gasteiger partial charge in [0.25, 0.3) is 12.0 Å². The zero-order chi connectivity index (χ0) is 34.5. The molecule has 12 nitrogen and oxygen atoms in total. The van der Waals surface area contributed by atoms with Gasteiger partial charge in [0.1, 0.15) is 23.6 Å². The van der Waals surface area contributed by atoms with E-state index >= 15 is 4.39 Å². The minimum atomic E-state index is -1.74. The summed E-state index contributed by atoms with van der Waals surface area (Å²) in [6.45, 7) is 5.82. The van der Waals surface area contributed by atoms with Crippen LogP contribution in [0.3, 0.4) is 0 Å². The monoisotopic (exact) mass is 673 g/mol. The maximum Gasteiger partial charge on any atom is 0.276 e. The van der Waals surface area contributed by atoms with Gasteiger partial charge in [-0.25, -0.2) is 9.02 Å². The molecule has 5 rings (SSSR count). The molecule has 0 spiro atoms. The molecule has 2 heterocycles. The van der Waals surface area contributed by atoms with Crippen LogP contribution in [0.4, 0.5) is 18.9 Å². The van der Waals surface area contributed by atoms with E-state index < -0.39 is 47.6 Å². The second kappa shape index (κ2) is 15.3. The molecule has 3 aliphatic rings. The lowest BCUT2D eigenvalue weighted by Gasteiger charge is -2.36. The van der Waals surface area contributed by atoms with E-state index in [4.69, 9.17) is 4.63 Å². The van der Waals surface area contributed by atoms with Gasteiger partial charge in [-0.15, -0.1) is 0 Å². The van der Waals surface area contributed by atoms with Crippen LogP contribution in [0.25, 0.3) is 0 Å². The Morgan fingerprint density at radius 1 is 1.00 bits per heavy atom. The summed E-state index contributed by atoms with van der Waals surface area (Å²) in [5.41, 5.74) is 0.647. The number of hydrogen-bond donors (Lipinski definition) is 3. The van der Waals surface area contributed by atoms with E-state index in [-0.39, 0.29) is 66.8 Å². The first-order chi connectivity index (χ1) is 23.0. The fourth-order valence-electron chi connectivity index (χ4n) is 6.31. The highest BCUT2D eigenvalue weighted by Gasteiger charge is 2.38. The standard InChI is InChI=1S/C33H42F3N7O5/c1-4-25(44)38-26(33(47)43-15-13-42(3)14-16-43)18(2)22-11-12-24(23(34)17-22)37-31(45)28(20-7-9-21(10-8-20)30(35)36)39-32(46)29-27(19-5-6-19)40-48-41-29/h11-12,17-20,26,28H,4-10,13-16H2,1-3H3,(H,37,45)(H,38,44)(H,39,46)/t18-,26+,28?/m0/s1. The predicted octanol–water partition coefficient (Wildman–Crippen LogP) is 3.94. The van der Waals surface area contributed by atoms with Gasteiger partial charge < -0.3 is 25.8 Å². The molecular weight excluding hydrogens is 631 g/mol. The zero-order valence-electron chi connectivity index (χ0n) is 27.4. The number of carbonyl (C=O) groups is 4.